The first-order chi connectivity index (χ1) is 8.14. The number of rotatable bonds is 3. The zero-order valence-electron chi connectivity index (χ0n) is 10.1. The van der Waals surface area contributed by atoms with E-state index in [2.05, 4.69) is 10.3 Å². The summed E-state index contributed by atoms with van der Waals surface area (Å²) in [6.45, 7) is 1.94. The number of carbonyl (C=O) groups is 1. The summed E-state index contributed by atoms with van der Waals surface area (Å²) in [5.74, 6) is -0.742. The summed E-state index contributed by atoms with van der Waals surface area (Å²) < 4.78 is 0. The van der Waals surface area contributed by atoms with E-state index in [9.17, 15) is 9.90 Å². The molecule has 0 bridgehead atoms. The highest BCUT2D eigenvalue weighted by Crippen LogP contribution is 2.32. The van der Waals surface area contributed by atoms with Crippen LogP contribution >= 0.6 is 0 Å². The van der Waals surface area contributed by atoms with Crippen molar-refractivity contribution in [1.82, 2.24) is 4.98 Å². The van der Waals surface area contributed by atoms with Crippen LogP contribution in [0.2, 0.25) is 0 Å². The average molecular weight is 234 g/mol. The van der Waals surface area contributed by atoms with Gasteiger partial charge in [0.05, 0.1) is 0 Å². The third kappa shape index (κ3) is 2.40. The first kappa shape index (κ1) is 11.9. The van der Waals surface area contributed by atoms with Gasteiger partial charge in [-0.15, -0.1) is 0 Å². The molecule has 4 nitrogen and oxygen atoms in total. The number of aromatic nitrogens is 1. The van der Waals surface area contributed by atoms with Crippen LogP contribution in [0, 0.1) is 6.92 Å². The second-order valence-corrected chi connectivity index (χ2v) is 4.76. The lowest BCUT2D eigenvalue weighted by molar-refractivity contribution is -0.143. The number of carboxylic acids is 1. The molecule has 2 N–H and O–H groups in total. The SMILES string of the molecule is Cc1cnccc1NC1(C(=O)O)CCCCC1. The number of carboxylic acid groups (broad SMARTS) is 1. The third-order valence-corrected chi connectivity index (χ3v) is 3.51. The van der Waals surface area contributed by atoms with Crippen LogP contribution in [0.4, 0.5) is 5.69 Å². The zero-order chi connectivity index (χ0) is 12.3. The van der Waals surface area contributed by atoms with Crippen LogP contribution in [0.25, 0.3) is 0 Å². The molecule has 0 saturated heterocycles. The van der Waals surface area contributed by atoms with Gasteiger partial charge in [0, 0.05) is 18.1 Å². The van der Waals surface area contributed by atoms with E-state index >= 15 is 0 Å². The molecule has 92 valence electrons. The molecule has 1 aliphatic carbocycles. The van der Waals surface area contributed by atoms with Crippen LogP contribution in [0.5, 0.6) is 0 Å². The summed E-state index contributed by atoms with van der Waals surface area (Å²) in [6, 6.07) is 1.84. The predicted molar refractivity (Wildman–Crippen MR) is 66.0 cm³/mol. The van der Waals surface area contributed by atoms with Gasteiger partial charge in [0.15, 0.2) is 0 Å². The molecule has 0 atom stereocenters. The normalized spacial score (nSPS) is 18.6. The number of nitrogens with zero attached hydrogens (tertiary/aromatic N) is 1. The van der Waals surface area contributed by atoms with Gasteiger partial charge in [-0.05, 0) is 31.4 Å². The first-order valence-corrected chi connectivity index (χ1v) is 6.06. The molecule has 17 heavy (non-hydrogen) atoms. The van der Waals surface area contributed by atoms with Crippen LogP contribution in [-0.2, 0) is 4.79 Å². The minimum atomic E-state index is -0.787. The maximum Gasteiger partial charge on any atom is 0.329 e. The average Bonchev–Trinajstić information content (AvgIpc) is 2.33. The number of nitrogens with one attached hydrogen (secondary N) is 1. The van der Waals surface area contributed by atoms with Gasteiger partial charge in [-0.2, -0.15) is 0 Å². The molecule has 1 aliphatic rings. The Morgan fingerprint density at radius 3 is 2.71 bits per heavy atom. The Bertz CT molecular complexity index is 412. The predicted octanol–water partition coefficient (Wildman–Crippen LogP) is 2.59. The molecule has 1 heterocycles. The Morgan fingerprint density at radius 1 is 1.41 bits per heavy atom. The molecule has 0 aromatic carbocycles. The number of hydrogen-bond donors (Lipinski definition) is 2. The molecule has 0 aliphatic heterocycles. The van der Waals surface area contributed by atoms with E-state index in [1.54, 1.807) is 12.4 Å². The van der Waals surface area contributed by atoms with Gasteiger partial charge >= 0.3 is 5.97 Å². The van der Waals surface area contributed by atoms with Crippen molar-refractivity contribution in [2.75, 3.05) is 5.32 Å². The van der Waals surface area contributed by atoms with Crippen molar-refractivity contribution in [3.05, 3.63) is 24.0 Å². The minimum absolute atomic E-state index is 0.699. The van der Waals surface area contributed by atoms with Gasteiger partial charge in [0.25, 0.3) is 0 Å². The molecule has 1 fully saturated rings. The minimum Gasteiger partial charge on any atom is -0.480 e. The molecular weight excluding hydrogens is 216 g/mol. The van der Waals surface area contributed by atoms with Crippen LogP contribution in [0.15, 0.2) is 18.5 Å². The van der Waals surface area contributed by atoms with Crippen molar-refractivity contribution in [1.29, 1.82) is 0 Å². The zero-order valence-corrected chi connectivity index (χ0v) is 10.1. The molecule has 1 saturated carbocycles. The molecular formula is C13H18N2O2. The monoisotopic (exact) mass is 234 g/mol. The Labute approximate surface area is 101 Å². The lowest BCUT2D eigenvalue weighted by Gasteiger charge is -2.35. The molecule has 1 aromatic heterocycles. The fourth-order valence-electron chi connectivity index (χ4n) is 2.42. The van der Waals surface area contributed by atoms with E-state index in [-0.39, 0.29) is 0 Å². The topological polar surface area (TPSA) is 62.2 Å². The highest BCUT2D eigenvalue weighted by atomic mass is 16.4. The number of aliphatic carboxylic acids is 1. The first-order valence-electron chi connectivity index (χ1n) is 6.06. The van der Waals surface area contributed by atoms with Gasteiger partial charge in [-0.25, -0.2) is 4.79 Å². The Balaban J connectivity index is 2.24. The van der Waals surface area contributed by atoms with Gasteiger partial charge in [-0.1, -0.05) is 19.3 Å². The molecule has 0 spiro atoms. The Kier molecular flexibility index (Phi) is 3.31. The Hall–Kier alpha value is -1.58. The van der Waals surface area contributed by atoms with Gasteiger partial charge in [-0.3, -0.25) is 4.98 Å². The van der Waals surface area contributed by atoms with E-state index in [0.29, 0.717) is 12.8 Å². The highest BCUT2D eigenvalue weighted by molar-refractivity contribution is 5.83. The maximum absolute atomic E-state index is 11.5. The molecule has 0 radical (unpaired) electrons. The van der Waals surface area contributed by atoms with Crippen molar-refractivity contribution in [2.24, 2.45) is 0 Å². The molecule has 2 rings (SSSR count). The van der Waals surface area contributed by atoms with E-state index < -0.39 is 11.5 Å². The number of anilines is 1. The van der Waals surface area contributed by atoms with Crippen LogP contribution in [-0.4, -0.2) is 21.6 Å². The standard InChI is InChI=1S/C13H18N2O2/c1-10-9-14-8-5-11(10)15-13(12(16)17)6-3-2-4-7-13/h5,8-9H,2-4,6-7H2,1H3,(H,14,15)(H,16,17). The molecule has 0 amide bonds. The van der Waals surface area contributed by atoms with Crippen LogP contribution in [0.3, 0.4) is 0 Å². The smallest absolute Gasteiger partial charge is 0.329 e. The Morgan fingerprint density at radius 2 is 2.12 bits per heavy atom. The summed E-state index contributed by atoms with van der Waals surface area (Å²) in [6.07, 6.45) is 7.92. The van der Waals surface area contributed by atoms with Gasteiger partial charge in [0.2, 0.25) is 0 Å². The quantitative estimate of drug-likeness (QED) is 0.843. The molecule has 0 unspecified atom stereocenters. The number of hydrogen-bond acceptors (Lipinski definition) is 3. The van der Waals surface area contributed by atoms with Crippen LogP contribution in [0.1, 0.15) is 37.7 Å². The van der Waals surface area contributed by atoms with E-state index in [0.717, 1.165) is 30.5 Å². The number of pyridine rings is 1. The lowest BCUT2D eigenvalue weighted by atomic mass is 9.81. The van der Waals surface area contributed by atoms with Crippen molar-refractivity contribution in [3.63, 3.8) is 0 Å². The van der Waals surface area contributed by atoms with Gasteiger partial charge in [0.1, 0.15) is 5.54 Å². The van der Waals surface area contributed by atoms with Crippen molar-refractivity contribution in [2.45, 2.75) is 44.6 Å². The summed E-state index contributed by atoms with van der Waals surface area (Å²) in [4.78, 5) is 15.5. The van der Waals surface area contributed by atoms with E-state index in [1.807, 2.05) is 13.0 Å². The highest BCUT2D eigenvalue weighted by Gasteiger charge is 2.39. The van der Waals surface area contributed by atoms with Crippen molar-refractivity contribution < 1.29 is 9.90 Å². The van der Waals surface area contributed by atoms with E-state index in [1.165, 1.54) is 0 Å². The summed E-state index contributed by atoms with van der Waals surface area (Å²) in [5.41, 5.74) is 1.08. The fourth-order valence-corrected chi connectivity index (χ4v) is 2.42. The summed E-state index contributed by atoms with van der Waals surface area (Å²) in [5, 5.41) is 12.7. The largest absolute Gasteiger partial charge is 0.480 e. The summed E-state index contributed by atoms with van der Waals surface area (Å²) in [7, 11) is 0. The van der Waals surface area contributed by atoms with Crippen molar-refractivity contribution in [3.8, 4) is 0 Å². The fraction of sp³-hybridized carbons (Fsp3) is 0.538. The van der Waals surface area contributed by atoms with Crippen molar-refractivity contribution >= 4 is 11.7 Å². The van der Waals surface area contributed by atoms with E-state index in [4.69, 9.17) is 0 Å². The second-order valence-electron chi connectivity index (χ2n) is 4.76. The molecule has 4 heteroatoms. The second kappa shape index (κ2) is 4.73. The lowest BCUT2D eigenvalue weighted by Crippen LogP contribution is -2.48. The summed E-state index contributed by atoms with van der Waals surface area (Å²) >= 11 is 0. The molecule has 1 aromatic rings. The number of aryl methyl sites for hydroxylation is 1. The third-order valence-electron chi connectivity index (χ3n) is 3.51. The van der Waals surface area contributed by atoms with Crippen LogP contribution < -0.4 is 5.32 Å². The van der Waals surface area contributed by atoms with Gasteiger partial charge < -0.3 is 10.4 Å². The maximum atomic E-state index is 11.5.